The van der Waals surface area contributed by atoms with E-state index in [1.54, 1.807) is 12.1 Å². The van der Waals surface area contributed by atoms with Crippen LogP contribution in [-0.4, -0.2) is 48.4 Å². The third kappa shape index (κ3) is 3.89. The average Bonchev–Trinajstić information content (AvgIpc) is 2.98. The number of rotatable bonds is 6. The summed E-state index contributed by atoms with van der Waals surface area (Å²) in [7, 11) is 4.05. The van der Waals surface area contributed by atoms with E-state index in [2.05, 4.69) is 20.6 Å². The highest BCUT2D eigenvalue weighted by Gasteiger charge is 2.19. The minimum absolute atomic E-state index is 0.155. The van der Waals surface area contributed by atoms with Crippen molar-refractivity contribution in [2.75, 3.05) is 39.0 Å². The molecular weight excluding hydrogens is 293 g/mol. The van der Waals surface area contributed by atoms with Crippen LogP contribution < -0.4 is 10.6 Å². The van der Waals surface area contributed by atoms with Crippen LogP contribution in [0.5, 0.6) is 0 Å². The number of anilines is 1. The molecule has 2 N–H and O–H groups in total. The van der Waals surface area contributed by atoms with Gasteiger partial charge in [0.2, 0.25) is 0 Å². The maximum atomic E-state index is 13.5. The molecule has 1 aliphatic rings. The zero-order valence-electron chi connectivity index (χ0n) is 13.7. The van der Waals surface area contributed by atoms with E-state index in [1.165, 1.54) is 6.07 Å². The standard InChI is InChI=1S/C17H24FN5/c1-22(2)16(14-4-3-5-15(18)8-14)11-19-9-13-10-20-17-6-7-21-23(17)12-13/h3-8,13,16,19-20H,9-12H2,1-2H3. The molecule has 6 heteroatoms. The monoisotopic (exact) mass is 317 g/mol. The van der Waals surface area contributed by atoms with E-state index in [-0.39, 0.29) is 11.9 Å². The van der Waals surface area contributed by atoms with Gasteiger partial charge < -0.3 is 15.5 Å². The Bertz CT molecular complexity index is 639. The molecule has 0 bridgehead atoms. The zero-order chi connectivity index (χ0) is 16.2. The van der Waals surface area contributed by atoms with Crippen molar-refractivity contribution in [1.29, 1.82) is 0 Å². The van der Waals surface area contributed by atoms with Crippen molar-refractivity contribution in [3.05, 3.63) is 47.9 Å². The molecule has 1 aliphatic heterocycles. The third-order valence-electron chi connectivity index (χ3n) is 4.35. The maximum Gasteiger partial charge on any atom is 0.124 e. The quantitative estimate of drug-likeness (QED) is 0.855. The number of nitrogens with one attached hydrogen (secondary N) is 2. The van der Waals surface area contributed by atoms with Crippen LogP contribution in [0.2, 0.25) is 0 Å². The highest BCUT2D eigenvalue weighted by Crippen LogP contribution is 2.19. The predicted molar refractivity (Wildman–Crippen MR) is 89.9 cm³/mol. The Morgan fingerprint density at radius 1 is 1.43 bits per heavy atom. The maximum absolute atomic E-state index is 13.5. The molecule has 5 nitrogen and oxygen atoms in total. The van der Waals surface area contributed by atoms with Gasteiger partial charge in [0.25, 0.3) is 0 Å². The van der Waals surface area contributed by atoms with E-state index in [1.807, 2.05) is 37.1 Å². The molecule has 0 amide bonds. The van der Waals surface area contributed by atoms with Gasteiger partial charge >= 0.3 is 0 Å². The molecule has 1 aromatic carbocycles. The first-order valence-electron chi connectivity index (χ1n) is 8.02. The summed E-state index contributed by atoms with van der Waals surface area (Å²) in [6.07, 6.45) is 1.82. The summed E-state index contributed by atoms with van der Waals surface area (Å²) in [4.78, 5) is 2.12. The van der Waals surface area contributed by atoms with Gasteiger partial charge in [-0.05, 0) is 31.8 Å². The second-order valence-corrected chi connectivity index (χ2v) is 6.34. The van der Waals surface area contributed by atoms with Crippen molar-refractivity contribution in [2.45, 2.75) is 12.6 Å². The van der Waals surface area contributed by atoms with Crippen LogP contribution in [-0.2, 0) is 6.54 Å². The lowest BCUT2D eigenvalue weighted by Crippen LogP contribution is -2.38. The van der Waals surface area contributed by atoms with Gasteiger partial charge in [-0.15, -0.1) is 0 Å². The van der Waals surface area contributed by atoms with Gasteiger partial charge in [-0.1, -0.05) is 12.1 Å². The molecule has 0 fully saturated rings. The summed E-state index contributed by atoms with van der Waals surface area (Å²) >= 11 is 0. The molecule has 124 valence electrons. The normalized spacial score (nSPS) is 18.5. The molecule has 2 atom stereocenters. The molecule has 23 heavy (non-hydrogen) atoms. The number of hydrogen-bond acceptors (Lipinski definition) is 4. The van der Waals surface area contributed by atoms with E-state index >= 15 is 0 Å². The summed E-state index contributed by atoms with van der Waals surface area (Å²) in [5.74, 6) is 1.40. The first-order valence-corrected chi connectivity index (χ1v) is 8.02. The molecule has 2 heterocycles. The van der Waals surface area contributed by atoms with E-state index in [9.17, 15) is 4.39 Å². The van der Waals surface area contributed by atoms with Gasteiger partial charge in [0.15, 0.2) is 0 Å². The van der Waals surface area contributed by atoms with Crippen LogP contribution in [0.25, 0.3) is 0 Å². The van der Waals surface area contributed by atoms with Crippen LogP contribution in [0.3, 0.4) is 0 Å². The second-order valence-electron chi connectivity index (χ2n) is 6.34. The van der Waals surface area contributed by atoms with Gasteiger partial charge in [0.1, 0.15) is 11.6 Å². The van der Waals surface area contributed by atoms with Crippen molar-refractivity contribution in [1.82, 2.24) is 20.0 Å². The Balaban J connectivity index is 1.54. The van der Waals surface area contributed by atoms with Gasteiger partial charge in [0, 0.05) is 44.2 Å². The third-order valence-corrected chi connectivity index (χ3v) is 4.35. The first-order chi connectivity index (χ1) is 11.1. The largest absolute Gasteiger partial charge is 0.370 e. The van der Waals surface area contributed by atoms with Crippen molar-refractivity contribution in [3.8, 4) is 0 Å². The van der Waals surface area contributed by atoms with Crippen LogP contribution in [0.1, 0.15) is 11.6 Å². The minimum atomic E-state index is -0.183. The van der Waals surface area contributed by atoms with Crippen LogP contribution in [0.4, 0.5) is 10.2 Å². The fourth-order valence-corrected chi connectivity index (χ4v) is 3.06. The van der Waals surface area contributed by atoms with Gasteiger partial charge in [-0.2, -0.15) is 5.10 Å². The highest BCUT2D eigenvalue weighted by atomic mass is 19.1. The Morgan fingerprint density at radius 2 is 2.30 bits per heavy atom. The molecule has 2 unspecified atom stereocenters. The fourth-order valence-electron chi connectivity index (χ4n) is 3.06. The topological polar surface area (TPSA) is 45.1 Å². The molecule has 2 aromatic rings. The summed E-state index contributed by atoms with van der Waals surface area (Å²) in [6.45, 7) is 3.57. The zero-order valence-corrected chi connectivity index (χ0v) is 13.7. The summed E-state index contributed by atoms with van der Waals surface area (Å²) < 4.78 is 15.5. The van der Waals surface area contributed by atoms with E-state index < -0.39 is 0 Å². The number of benzene rings is 1. The van der Waals surface area contributed by atoms with Gasteiger partial charge in [-0.25, -0.2) is 9.07 Å². The summed E-state index contributed by atoms with van der Waals surface area (Å²) in [5.41, 5.74) is 0.999. The Hall–Kier alpha value is -1.92. The highest BCUT2D eigenvalue weighted by molar-refractivity contribution is 5.35. The van der Waals surface area contributed by atoms with Crippen molar-refractivity contribution in [3.63, 3.8) is 0 Å². The lowest BCUT2D eigenvalue weighted by molar-refractivity contribution is 0.279. The molecule has 0 spiro atoms. The molecule has 1 aromatic heterocycles. The minimum Gasteiger partial charge on any atom is -0.370 e. The Labute approximate surface area is 136 Å². The Morgan fingerprint density at radius 3 is 3.09 bits per heavy atom. The van der Waals surface area contributed by atoms with Crippen LogP contribution in [0.15, 0.2) is 36.5 Å². The van der Waals surface area contributed by atoms with Crippen molar-refractivity contribution in [2.24, 2.45) is 5.92 Å². The number of halogens is 1. The molecule has 0 aliphatic carbocycles. The van der Waals surface area contributed by atoms with E-state index in [0.717, 1.165) is 37.6 Å². The SMILES string of the molecule is CN(C)C(CNCC1CNc2ccnn2C1)c1cccc(F)c1. The number of fused-ring (bicyclic) bond motifs is 1. The second kappa shape index (κ2) is 7.10. The van der Waals surface area contributed by atoms with Crippen molar-refractivity contribution >= 4 is 5.82 Å². The smallest absolute Gasteiger partial charge is 0.124 e. The summed E-state index contributed by atoms with van der Waals surface area (Å²) in [6, 6.07) is 9.00. The lowest BCUT2D eigenvalue weighted by Gasteiger charge is -2.28. The Kier molecular flexibility index (Phi) is 4.93. The number of nitrogens with zero attached hydrogens (tertiary/aromatic N) is 3. The number of hydrogen-bond donors (Lipinski definition) is 2. The van der Waals surface area contributed by atoms with Gasteiger partial charge in [0.05, 0.1) is 6.20 Å². The van der Waals surface area contributed by atoms with Crippen LogP contribution >= 0.6 is 0 Å². The van der Waals surface area contributed by atoms with Gasteiger partial charge in [-0.3, -0.25) is 0 Å². The molecular formula is C17H24FN5. The number of aromatic nitrogens is 2. The molecule has 0 saturated carbocycles. The molecule has 0 saturated heterocycles. The molecule has 3 rings (SSSR count). The molecule has 0 radical (unpaired) electrons. The first kappa shape index (κ1) is 16.0. The summed E-state index contributed by atoms with van der Waals surface area (Å²) in [5, 5.41) is 11.2. The van der Waals surface area contributed by atoms with Crippen molar-refractivity contribution < 1.29 is 4.39 Å². The van der Waals surface area contributed by atoms with E-state index in [0.29, 0.717) is 5.92 Å². The fraction of sp³-hybridized carbons (Fsp3) is 0.471. The lowest BCUT2D eigenvalue weighted by atomic mass is 10.0. The van der Waals surface area contributed by atoms with E-state index in [4.69, 9.17) is 0 Å². The predicted octanol–water partition coefficient (Wildman–Crippen LogP) is 1.96. The van der Waals surface area contributed by atoms with Crippen LogP contribution in [0, 0.1) is 11.7 Å². The number of likely N-dealkylation sites (N-methyl/N-ethyl adjacent to an activating group) is 1. The average molecular weight is 317 g/mol.